The molecule has 2 amide bonds. The van der Waals surface area contributed by atoms with Crippen LogP contribution >= 0.6 is 27.5 Å². The summed E-state index contributed by atoms with van der Waals surface area (Å²) in [4.78, 5) is 27.6. The summed E-state index contributed by atoms with van der Waals surface area (Å²) in [5.41, 5.74) is 4.68. The van der Waals surface area contributed by atoms with Gasteiger partial charge in [0, 0.05) is 36.0 Å². The summed E-state index contributed by atoms with van der Waals surface area (Å²) in [6.45, 7) is 5.56. The number of nitrogens with zero attached hydrogens (tertiary/aromatic N) is 2. The fourth-order valence-corrected chi connectivity index (χ4v) is 4.52. The van der Waals surface area contributed by atoms with Gasteiger partial charge in [-0.25, -0.2) is 9.82 Å². The third-order valence-electron chi connectivity index (χ3n) is 6.15. The zero-order valence-electron chi connectivity index (χ0n) is 22.3. The molecule has 8 nitrogen and oxygen atoms in total. The summed E-state index contributed by atoms with van der Waals surface area (Å²) in [5.74, 6) is -1.00. The Labute approximate surface area is 250 Å². The molecule has 0 radical (unpaired) electrons. The highest BCUT2D eigenvalue weighted by Gasteiger charge is 2.16. The Morgan fingerprint density at radius 2 is 1.83 bits per heavy atom. The fourth-order valence-electron chi connectivity index (χ4n) is 3.99. The lowest BCUT2D eigenvalue weighted by Gasteiger charge is -2.22. The van der Waals surface area contributed by atoms with Crippen LogP contribution in [0.1, 0.15) is 45.9 Å². The number of carbonyl (C=O) groups is 2. The maximum atomic E-state index is 14.4. The fraction of sp³-hybridized carbons (Fsp3) is 0.167. The molecule has 1 aromatic heterocycles. The first-order chi connectivity index (χ1) is 19.8. The molecule has 212 valence electrons. The van der Waals surface area contributed by atoms with Gasteiger partial charge in [-0.2, -0.15) is 5.10 Å². The second-order valence-corrected chi connectivity index (χ2v) is 9.87. The molecule has 1 heterocycles. The predicted molar refractivity (Wildman–Crippen MR) is 162 cm³/mol. The number of rotatable bonds is 11. The zero-order chi connectivity index (χ0) is 29.4. The van der Waals surface area contributed by atoms with E-state index >= 15 is 0 Å². The largest absolute Gasteiger partial charge is 0.488 e. The minimum absolute atomic E-state index is 0.0856. The van der Waals surface area contributed by atoms with Crippen LogP contribution in [-0.2, 0) is 6.61 Å². The summed E-state index contributed by atoms with van der Waals surface area (Å²) in [6, 6.07) is 19.6. The minimum atomic E-state index is -0.543. The van der Waals surface area contributed by atoms with Crippen LogP contribution in [0.25, 0.3) is 0 Å². The summed E-state index contributed by atoms with van der Waals surface area (Å²) in [6.07, 6.45) is 1.43. The molecule has 0 atom stereocenters. The molecule has 2 N–H and O–H groups in total. The second-order valence-electron chi connectivity index (χ2n) is 8.69. The molecule has 0 spiro atoms. The first-order valence-electron chi connectivity index (χ1n) is 12.7. The van der Waals surface area contributed by atoms with E-state index in [2.05, 4.69) is 36.7 Å². The van der Waals surface area contributed by atoms with E-state index in [1.807, 2.05) is 26.0 Å². The summed E-state index contributed by atoms with van der Waals surface area (Å²) in [7, 11) is 0. The monoisotopic (exact) mass is 640 g/mol. The van der Waals surface area contributed by atoms with Gasteiger partial charge in [0.05, 0.1) is 22.5 Å². The van der Waals surface area contributed by atoms with Crippen molar-refractivity contribution in [3.05, 3.63) is 111 Å². The maximum Gasteiger partial charge on any atom is 0.291 e. The van der Waals surface area contributed by atoms with E-state index in [-0.39, 0.29) is 34.2 Å². The van der Waals surface area contributed by atoms with Gasteiger partial charge in [0.15, 0.2) is 10.4 Å². The van der Waals surface area contributed by atoms with Crippen molar-refractivity contribution < 1.29 is 23.1 Å². The molecule has 11 heteroatoms. The van der Waals surface area contributed by atoms with E-state index in [1.54, 1.807) is 42.5 Å². The molecule has 4 rings (SSSR count). The standard InChI is InChI=1S/C30H27BrClFN4O4/c1-3-37(4-2)20-13-12-19(27(16-20)40-18-22-23(32)9-7-10-24(22)33)17-34-36-29(38)21-8-5-6-11-25(21)35-30(39)26-14-15-28(31)41-26/h5-17H,3-4,18H2,1-2H3,(H,35,39)(H,36,38)/b34-17+. The Kier molecular flexibility index (Phi) is 10.2. The zero-order valence-corrected chi connectivity index (χ0v) is 24.6. The highest BCUT2D eigenvalue weighted by molar-refractivity contribution is 9.10. The molecule has 3 aromatic carbocycles. The van der Waals surface area contributed by atoms with Crippen LogP contribution in [0.3, 0.4) is 0 Å². The van der Waals surface area contributed by atoms with Crippen LogP contribution in [0.5, 0.6) is 5.75 Å². The lowest BCUT2D eigenvalue weighted by Crippen LogP contribution is -2.22. The molecule has 0 aliphatic heterocycles. The Morgan fingerprint density at radius 3 is 2.54 bits per heavy atom. The number of hydrogen-bond donors (Lipinski definition) is 2. The first-order valence-corrected chi connectivity index (χ1v) is 13.9. The van der Waals surface area contributed by atoms with Gasteiger partial charge < -0.3 is 19.4 Å². The summed E-state index contributed by atoms with van der Waals surface area (Å²) in [5, 5.41) is 7.05. The van der Waals surface area contributed by atoms with Gasteiger partial charge >= 0.3 is 0 Å². The molecule has 41 heavy (non-hydrogen) atoms. The number of hydrazone groups is 1. The number of carbonyl (C=O) groups excluding carboxylic acids is 2. The minimum Gasteiger partial charge on any atom is -0.488 e. The van der Waals surface area contributed by atoms with E-state index in [9.17, 15) is 14.0 Å². The van der Waals surface area contributed by atoms with Crippen molar-refractivity contribution >= 4 is 56.9 Å². The average Bonchev–Trinajstić information content (AvgIpc) is 3.41. The van der Waals surface area contributed by atoms with E-state index < -0.39 is 17.6 Å². The van der Waals surface area contributed by atoms with Crippen molar-refractivity contribution in [1.82, 2.24) is 5.43 Å². The van der Waals surface area contributed by atoms with Gasteiger partial charge in [0.2, 0.25) is 0 Å². The highest BCUT2D eigenvalue weighted by atomic mass is 79.9. The van der Waals surface area contributed by atoms with Gasteiger partial charge in [-0.1, -0.05) is 29.8 Å². The SMILES string of the molecule is CCN(CC)c1ccc(/C=N/NC(=O)c2ccccc2NC(=O)c2ccc(Br)o2)c(OCc2c(F)cccc2Cl)c1. The van der Waals surface area contributed by atoms with Crippen LogP contribution < -0.4 is 20.4 Å². The smallest absolute Gasteiger partial charge is 0.291 e. The molecule has 0 saturated carbocycles. The highest BCUT2D eigenvalue weighted by Crippen LogP contribution is 2.28. The lowest BCUT2D eigenvalue weighted by atomic mass is 10.1. The predicted octanol–water partition coefficient (Wildman–Crippen LogP) is 7.28. The molecular weight excluding hydrogens is 615 g/mol. The molecular formula is C30H27BrClFN4O4. The number of furan rings is 1. The lowest BCUT2D eigenvalue weighted by molar-refractivity contribution is 0.0956. The van der Waals surface area contributed by atoms with Crippen molar-refractivity contribution in [3.63, 3.8) is 0 Å². The van der Waals surface area contributed by atoms with Crippen LogP contribution in [0, 0.1) is 5.82 Å². The Hall–Kier alpha value is -4.15. The van der Waals surface area contributed by atoms with Crippen molar-refractivity contribution in [2.24, 2.45) is 5.10 Å². The van der Waals surface area contributed by atoms with Crippen LogP contribution in [0.4, 0.5) is 15.8 Å². The number of nitrogens with one attached hydrogen (secondary N) is 2. The summed E-state index contributed by atoms with van der Waals surface area (Å²) >= 11 is 9.35. The average molecular weight is 642 g/mol. The van der Waals surface area contributed by atoms with Crippen molar-refractivity contribution in [2.45, 2.75) is 20.5 Å². The number of hydrogen-bond acceptors (Lipinski definition) is 6. The van der Waals surface area contributed by atoms with Crippen LogP contribution in [-0.4, -0.2) is 31.1 Å². The molecule has 0 unspecified atom stereocenters. The topological polar surface area (TPSA) is 96.2 Å². The maximum absolute atomic E-state index is 14.4. The number of anilines is 2. The Bertz CT molecular complexity index is 1550. The third kappa shape index (κ3) is 7.53. The molecule has 0 saturated heterocycles. The quantitative estimate of drug-likeness (QED) is 0.133. The number of halogens is 3. The first kappa shape index (κ1) is 29.8. The Morgan fingerprint density at radius 1 is 1.05 bits per heavy atom. The van der Waals surface area contributed by atoms with Crippen LogP contribution in [0.15, 0.2) is 87.0 Å². The Balaban J connectivity index is 1.52. The number of ether oxygens (including phenoxy) is 1. The number of amides is 2. The van der Waals surface area contributed by atoms with E-state index in [4.69, 9.17) is 20.8 Å². The molecule has 0 aliphatic rings. The third-order valence-corrected chi connectivity index (χ3v) is 6.93. The van der Waals surface area contributed by atoms with E-state index in [0.717, 1.165) is 18.8 Å². The van der Waals surface area contributed by atoms with Gasteiger partial charge in [0.1, 0.15) is 18.2 Å². The van der Waals surface area contributed by atoms with Gasteiger partial charge in [-0.3, -0.25) is 9.59 Å². The van der Waals surface area contributed by atoms with Gasteiger partial charge in [-0.15, -0.1) is 0 Å². The normalized spacial score (nSPS) is 11.0. The summed E-state index contributed by atoms with van der Waals surface area (Å²) < 4.78 is 26.0. The molecule has 0 bridgehead atoms. The van der Waals surface area contributed by atoms with Crippen molar-refractivity contribution in [2.75, 3.05) is 23.3 Å². The number of benzene rings is 3. The van der Waals surface area contributed by atoms with Gasteiger partial charge in [0.25, 0.3) is 11.8 Å². The molecule has 4 aromatic rings. The molecule has 0 aliphatic carbocycles. The van der Waals surface area contributed by atoms with Gasteiger partial charge in [-0.05, 0) is 78.3 Å². The van der Waals surface area contributed by atoms with Crippen molar-refractivity contribution in [1.29, 1.82) is 0 Å². The van der Waals surface area contributed by atoms with E-state index in [0.29, 0.717) is 16.0 Å². The van der Waals surface area contributed by atoms with Crippen LogP contribution in [0.2, 0.25) is 5.02 Å². The van der Waals surface area contributed by atoms with Crippen molar-refractivity contribution in [3.8, 4) is 5.75 Å². The second kappa shape index (κ2) is 14.0. The number of para-hydroxylation sites is 1. The molecule has 0 fully saturated rings. The van der Waals surface area contributed by atoms with E-state index in [1.165, 1.54) is 24.4 Å².